The number of aliphatic hydroxyl groups is 2. The van der Waals surface area contributed by atoms with E-state index in [2.05, 4.69) is 4.74 Å². The highest BCUT2D eigenvalue weighted by atomic mass is 16.5. The molecule has 0 aliphatic rings. The zero-order valence-electron chi connectivity index (χ0n) is 6.16. The lowest BCUT2D eigenvalue weighted by Gasteiger charge is -2.16. The van der Waals surface area contributed by atoms with Gasteiger partial charge in [0.25, 0.3) is 0 Å². The van der Waals surface area contributed by atoms with Gasteiger partial charge in [-0.25, -0.2) is 0 Å². The van der Waals surface area contributed by atoms with Crippen molar-refractivity contribution in [3.8, 4) is 0 Å². The number of hydrogen-bond acceptors (Lipinski definition) is 4. The molecule has 0 heterocycles. The third-order valence-corrected chi connectivity index (χ3v) is 1.29. The first-order chi connectivity index (χ1) is 4.72. The second-order valence-electron chi connectivity index (χ2n) is 2.20. The molecule has 4 heteroatoms. The smallest absolute Gasteiger partial charge is 0.0924 e. The van der Waals surface area contributed by atoms with Crippen LogP contribution in [-0.4, -0.2) is 42.7 Å². The highest BCUT2D eigenvalue weighted by Crippen LogP contribution is 1.94. The molecule has 0 radical (unpaired) electrons. The van der Waals surface area contributed by atoms with Gasteiger partial charge in [-0.3, -0.25) is 0 Å². The molecule has 0 aromatic rings. The van der Waals surface area contributed by atoms with E-state index in [-0.39, 0.29) is 19.3 Å². The van der Waals surface area contributed by atoms with Crippen LogP contribution in [-0.2, 0) is 4.74 Å². The second-order valence-corrected chi connectivity index (χ2v) is 2.20. The highest BCUT2D eigenvalue weighted by Gasteiger charge is 2.12. The quantitative estimate of drug-likeness (QED) is 0.454. The maximum atomic E-state index is 9.09. The molecule has 0 aliphatic carbocycles. The highest BCUT2D eigenvalue weighted by molar-refractivity contribution is 4.70. The van der Waals surface area contributed by atoms with Crippen LogP contribution in [0, 0.1) is 0 Å². The second kappa shape index (κ2) is 5.61. The molecule has 62 valence electrons. The van der Waals surface area contributed by atoms with Crippen molar-refractivity contribution in [2.24, 2.45) is 5.73 Å². The molecule has 0 aliphatic heterocycles. The van der Waals surface area contributed by atoms with Crippen molar-refractivity contribution < 1.29 is 14.9 Å². The predicted molar refractivity (Wildman–Crippen MR) is 37.6 cm³/mol. The molecular weight excluding hydrogens is 134 g/mol. The van der Waals surface area contributed by atoms with Gasteiger partial charge in [0, 0.05) is 19.8 Å². The van der Waals surface area contributed by atoms with Gasteiger partial charge in [0.05, 0.1) is 12.7 Å². The van der Waals surface area contributed by atoms with E-state index in [9.17, 15) is 0 Å². The van der Waals surface area contributed by atoms with E-state index in [1.54, 1.807) is 0 Å². The van der Waals surface area contributed by atoms with E-state index in [1.165, 1.54) is 7.11 Å². The van der Waals surface area contributed by atoms with Crippen LogP contribution in [0.5, 0.6) is 0 Å². The minimum absolute atomic E-state index is 0.00193. The van der Waals surface area contributed by atoms with E-state index in [4.69, 9.17) is 15.9 Å². The van der Waals surface area contributed by atoms with Gasteiger partial charge in [0.2, 0.25) is 0 Å². The molecule has 0 aromatic carbocycles. The van der Waals surface area contributed by atoms with E-state index >= 15 is 0 Å². The number of aliphatic hydroxyl groups excluding tert-OH is 2. The van der Waals surface area contributed by atoms with Gasteiger partial charge in [0.1, 0.15) is 0 Å². The molecule has 4 N–H and O–H groups in total. The molecule has 0 aromatic heterocycles. The van der Waals surface area contributed by atoms with Gasteiger partial charge >= 0.3 is 0 Å². The first-order valence-electron chi connectivity index (χ1n) is 3.25. The van der Waals surface area contributed by atoms with Crippen LogP contribution in [0.15, 0.2) is 0 Å². The molecule has 0 bridgehead atoms. The van der Waals surface area contributed by atoms with Gasteiger partial charge in [-0.05, 0) is 6.42 Å². The summed E-state index contributed by atoms with van der Waals surface area (Å²) in [4.78, 5) is 0. The van der Waals surface area contributed by atoms with Crippen LogP contribution < -0.4 is 5.73 Å². The van der Waals surface area contributed by atoms with Crippen molar-refractivity contribution >= 4 is 0 Å². The topological polar surface area (TPSA) is 75.7 Å². The van der Waals surface area contributed by atoms with Gasteiger partial charge < -0.3 is 20.7 Å². The molecule has 0 fully saturated rings. The fraction of sp³-hybridized carbons (Fsp3) is 1.00. The van der Waals surface area contributed by atoms with Crippen molar-refractivity contribution in [3.05, 3.63) is 0 Å². The Bertz CT molecular complexity index is 69.4. The Morgan fingerprint density at radius 3 is 2.60 bits per heavy atom. The monoisotopic (exact) mass is 149 g/mol. The number of rotatable bonds is 5. The zero-order chi connectivity index (χ0) is 7.98. The first-order valence-corrected chi connectivity index (χ1v) is 3.25. The van der Waals surface area contributed by atoms with E-state index in [1.807, 2.05) is 0 Å². The van der Waals surface area contributed by atoms with Crippen LogP contribution in [0.2, 0.25) is 0 Å². The summed E-state index contributed by atoms with van der Waals surface area (Å²) >= 11 is 0. The van der Waals surface area contributed by atoms with Crippen molar-refractivity contribution in [1.29, 1.82) is 0 Å². The lowest BCUT2D eigenvalue weighted by atomic mass is 10.1. The molecule has 2 unspecified atom stereocenters. The maximum absolute atomic E-state index is 9.09. The summed E-state index contributed by atoms with van der Waals surface area (Å²) in [6, 6.07) is -0.384. The minimum atomic E-state index is -0.669. The van der Waals surface area contributed by atoms with Gasteiger partial charge in [0.15, 0.2) is 0 Å². The predicted octanol–water partition coefficient (Wildman–Crippen LogP) is -1.30. The number of hydrogen-bond donors (Lipinski definition) is 3. The van der Waals surface area contributed by atoms with E-state index < -0.39 is 6.10 Å². The van der Waals surface area contributed by atoms with Crippen molar-refractivity contribution in [3.63, 3.8) is 0 Å². The normalized spacial score (nSPS) is 16.8. The Morgan fingerprint density at radius 1 is 1.60 bits per heavy atom. The van der Waals surface area contributed by atoms with Crippen LogP contribution in [0.3, 0.4) is 0 Å². The number of methoxy groups -OCH3 is 1. The van der Waals surface area contributed by atoms with Gasteiger partial charge in [-0.1, -0.05) is 0 Å². The van der Waals surface area contributed by atoms with E-state index in [0.29, 0.717) is 6.42 Å². The standard InChI is InChI=1S/C6H15NO3/c1-10-4-6(9)5(7)2-3-8/h5-6,8-9H,2-4,7H2,1H3. The summed E-state index contributed by atoms with van der Waals surface area (Å²) in [5.74, 6) is 0. The fourth-order valence-corrected chi connectivity index (χ4v) is 0.636. The minimum Gasteiger partial charge on any atom is -0.396 e. The molecule has 10 heavy (non-hydrogen) atoms. The Labute approximate surface area is 60.6 Å². The lowest BCUT2D eigenvalue weighted by Crippen LogP contribution is -2.38. The summed E-state index contributed by atoms with van der Waals surface area (Å²) in [7, 11) is 1.49. The summed E-state index contributed by atoms with van der Waals surface area (Å²) in [5.41, 5.74) is 5.42. The Morgan fingerprint density at radius 2 is 2.20 bits per heavy atom. The molecule has 2 atom stereocenters. The third kappa shape index (κ3) is 3.79. The van der Waals surface area contributed by atoms with Crippen LogP contribution in [0.25, 0.3) is 0 Å². The van der Waals surface area contributed by atoms with Gasteiger partial charge in [-0.2, -0.15) is 0 Å². The number of nitrogens with two attached hydrogens (primary N) is 1. The maximum Gasteiger partial charge on any atom is 0.0924 e. The largest absolute Gasteiger partial charge is 0.396 e. The molecule has 0 saturated carbocycles. The zero-order valence-corrected chi connectivity index (χ0v) is 6.16. The summed E-state index contributed by atoms with van der Waals surface area (Å²) in [6.07, 6.45) is -0.262. The van der Waals surface area contributed by atoms with Crippen molar-refractivity contribution in [2.45, 2.75) is 18.6 Å². The fourth-order valence-electron chi connectivity index (χ4n) is 0.636. The average Bonchev–Trinajstić information content (AvgIpc) is 1.89. The molecule has 0 rings (SSSR count). The summed E-state index contributed by atoms with van der Waals surface area (Å²) in [6.45, 7) is 0.225. The Balaban J connectivity index is 3.38. The molecule has 0 spiro atoms. The van der Waals surface area contributed by atoms with E-state index in [0.717, 1.165) is 0 Å². The van der Waals surface area contributed by atoms with Gasteiger partial charge in [-0.15, -0.1) is 0 Å². The molecular formula is C6H15NO3. The SMILES string of the molecule is COCC(O)C(N)CCO. The Hall–Kier alpha value is -0.160. The third-order valence-electron chi connectivity index (χ3n) is 1.29. The Kier molecular flexibility index (Phi) is 5.52. The summed E-state index contributed by atoms with van der Waals surface area (Å²) < 4.78 is 4.66. The lowest BCUT2D eigenvalue weighted by molar-refractivity contribution is 0.0421. The van der Waals surface area contributed by atoms with Crippen LogP contribution >= 0.6 is 0 Å². The van der Waals surface area contributed by atoms with Crippen LogP contribution in [0.1, 0.15) is 6.42 Å². The van der Waals surface area contributed by atoms with Crippen molar-refractivity contribution in [2.75, 3.05) is 20.3 Å². The van der Waals surface area contributed by atoms with Crippen molar-refractivity contribution in [1.82, 2.24) is 0 Å². The van der Waals surface area contributed by atoms with Crippen LogP contribution in [0.4, 0.5) is 0 Å². The molecule has 0 saturated heterocycles. The molecule has 4 nitrogen and oxygen atoms in total. The molecule has 0 amide bonds. The number of ether oxygens (including phenoxy) is 1. The first kappa shape index (κ1) is 9.84. The average molecular weight is 149 g/mol. The summed E-state index contributed by atoms with van der Waals surface area (Å²) in [5, 5.41) is 17.5.